The van der Waals surface area contributed by atoms with Crippen LogP contribution in [-0.4, -0.2) is 54.1 Å². The number of esters is 2. The second kappa shape index (κ2) is 7.68. The van der Waals surface area contributed by atoms with Gasteiger partial charge >= 0.3 is 11.9 Å². The van der Waals surface area contributed by atoms with Crippen molar-refractivity contribution in [3.8, 4) is 17.1 Å². The van der Waals surface area contributed by atoms with Gasteiger partial charge in [0.05, 0.1) is 13.2 Å². The lowest BCUT2D eigenvalue weighted by molar-refractivity contribution is -0.151. The number of aromatic nitrogens is 2. The average molecular weight is 372 g/mol. The zero-order valence-corrected chi connectivity index (χ0v) is 14.2. The monoisotopic (exact) mass is 372 g/mol. The lowest BCUT2D eigenvalue weighted by Gasteiger charge is -2.07. The Hall–Kier alpha value is -3.04. The van der Waals surface area contributed by atoms with Gasteiger partial charge in [0.1, 0.15) is 12.4 Å². The first-order valence-electron chi connectivity index (χ1n) is 8.30. The first kappa shape index (κ1) is 17.4. The van der Waals surface area contributed by atoms with Gasteiger partial charge in [0, 0.05) is 23.5 Å². The van der Waals surface area contributed by atoms with Crippen LogP contribution in [0.3, 0.4) is 0 Å². The molecule has 1 aromatic heterocycles. The normalized spacial score (nSPS) is 19.9. The van der Waals surface area contributed by atoms with Crippen LogP contribution in [0.4, 0.5) is 0 Å². The topological polar surface area (TPSA) is 113 Å². The molecule has 0 aliphatic carbocycles. The number of hydrogen-bond donors (Lipinski definition) is 0. The van der Waals surface area contributed by atoms with Crippen LogP contribution in [0.15, 0.2) is 36.7 Å². The Morgan fingerprint density at radius 1 is 0.963 bits per heavy atom. The van der Waals surface area contributed by atoms with Crippen molar-refractivity contribution in [1.82, 2.24) is 9.97 Å². The Labute approximate surface area is 154 Å². The standard InChI is InChI=1S/C18H16N2O7/c21-17(14-8-23-14)25-7-11-5-19-16(20-6-11)12-1-3-13(4-2-12)26-10-27-18(22)15-9-24-15/h1-6,14-15H,7-10H2. The molecule has 140 valence electrons. The predicted octanol–water partition coefficient (Wildman–Crippen LogP) is 0.864. The van der Waals surface area contributed by atoms with Crippen molar-refractivity contribution < 1.29 is 33.3 Å². The van der Waals surface area contributed by atoms with Crippen LogP contribution >= 0.6 is 0 Å². The van der Waals surface area contributed by atoms with Gasteiger partial charge in [0.25, 0.3) is 0 Å². The van der Waals surface area contributed by atoms with Crippen molar-refractivity contribution in [3.63, 3.8) is 0 Å². The first-order chi connectivity index (χ1) is 13.2. The highest BCUT2D eigenvalue weighted by Gasteiger charge is 2.33. The Morgan fingerprint density at radius 2 is 1.56 bits per heavy atom. The summed E-state index contributed by atoms with van der Waals surface area (Å²) < 4.78 is 25.0. The summed E-state index contributed by atoms with van der Waals surface area (Å²) in [5.74, 6) is 0.286. The van der Waals surface area contributed by atoms with Crippen molar-refractivity contribution in [2.24, 2.45) is 0 Å². The highest BCUT2D eigenvalue weighted by atomic mass is 16.7. The maximum Gasteiger partial charge on any atom is 0.340 e. The largest absolute Gasteiger partial charge is 0.459 e. The first-order valence-corrected chi connectivity index (χ1v) is 8.30. The third kappa shape index (κ3) is 4.78. The quantitative estimate of drug-likeness (QED) is 0.378. The molecule has 2 atom stereocenters. The van der Waals surface area contributed by atoms with Crippen molar-refractivity contribution >= 4 is 11.9 Å². The third-order valence-corrected chi connectivity index (χ3v) is 3.82. The van der Waals surface area contributed by atoms with Gasteiger partial charge in [-0.25, -0.2) is 19.6 Å². The molecule has 0 bridgehead atoms. The molecule has 4 rings (SSSR count). The van der Waals surface area contributed by atoms with E-state index in [4.69, 9.17) is 23.7 Å². The van der Waals surface area contributed by atoms with E-state index in [1.165, 1.54) is 0 Å². The van der Waals surface area contributed by atoms with Crippen LogP contribution in [0.25, 0.3) is 11.4 Å². The molecule has 27 heavy (non-hydrogen) atoms. The van der Waals surface area contributed by atoms with Gasteiger partial charge in [-0.3, -0.25) is 0 Å². The molecule has 0 N–H and O–H groups in total. The zero-order valence-electron chi connectivity index (χ0n) is 14.2. The Balaban J connectivity index is 1.27. The van der Waals surface area contributed by atoms with Crippen molar-refractivity contribution in [1.29, 1.82) is 0 Å². The minimum Gasteiger partial charge on any atom is -0.459 e. The number of nitrogens with zero attached hydrogens (tertiary/aromatic N) is 2. The summed E-state index contributed by atoms with van der Waals surface area (Å²) in [5, 5.41) is 0. The van der Waals surface area contributed by atoms with E-state index in [1.54, 1.807) is 36.7 Å². The number of ether oxygens (including phenoxy) is 5. The molecule has 2 unspecified atom stereocenters. The van der Waals surface area contributed by atoms with E-state index < -0.39 is 18.2 Å². The molecular formula is C18H16N2O7. The van der Waals surface area contributed by atoms with E-state index in [0.29, 0.717) is 30.4 Å². The van der Waals surface area contributed by atoms with Gasteiger partial charge in [-0.15, -0.1) is 0 Å². The van der Waals surface area contributed by atoms with Gasteiger partial charge in [-0.2, -0.15) is 0 Å². The average Bonchev–Trinajstić information content (AvgIpc) is 3.59. The Bertz CT molecular complexity index is 815. The van der Waals surface area contributed by atoms with Crippen LogP contribution in [0, 0.1) is 0 Å². The van der Waals surface area contributed by atoms with Crippen LogP contribution < -0.4 is 4.74 Å². The molecule has 0 spiro atoms. The van der Waals surface area contributed by atoms with E-state index in [2.05, 4.69) is 9.97 Å². The fraction of sp³-hybridized carbons (Fsp3) is 0.333. The fourth-order valence-corrected chi connectivity index (χ4v) is 2.14. The minimum absolute atomic E-state index is 0.108. The SMILES string of the molecule is O=C(OCOc1ccc(-c2ncc(COC(=O)C3CO3)cn2)cc1)C1CO1. The summed E-state index contributed by atoms with van der Waals surface area (Å²) in [6.45, 7) is 0.763. The summed E-state index contributed by atoms with van der Waals surface area (Å²) in [7, 11) is 0. The Kier molecular flexibility index (Phi) is 4.95. The van der Waals surface area contributed by atoms with E-state index in [1.807, 2.05) is 0 Å². The maximum atomic E-state index is 11.4. The number of epoxide rings is 2. The van der Waals surface area contributed by atoms with Gasteiger partial charge in [-0.05, 0) is 24.3 Å². The zero-order chi connectivity index (χ0) is 18.6. The van der Waals surface area contributed by atoms with E-state index in [9.17, 15) is 9.59 Å². The van der Waals surface area contributed by atoms with Gasteiger partial charge in [0.15, 0.2) is 18.0 Å². The van der Waals surface area contributed by atoms with Crippen LogP contribution in [0.2, 0.25) is 0 Å². The van der Waals surface area contributed by atoms with E-state index in [0.717, 1.165) is 5.56 Å². The highest BCUT2D eigenvalue weighted by molar-refractivity contribution is 5.77. The summed E-state index contributed by atoms with van der Waals surface area (Å²) >= 11 is 0. The summed E-state index contributed by atoms with van der Waals surface area (Å²) in [5.41, 5.74) is 1.48. The van der Waals surface area contributed by atoms with Crippen LogP contribution in [0.1, 0.15) is 5.56 Å². The van der Waals surface area contributed by atoms with Crippen LogP contribution in [-0.2, 0) is 35.1 Å². The van der Waals surface area contributed by atoms with Crippen molar-refractivity contribution in [3.05, 3.63) is 42.2 Å². The summed E-state index contributed by atoms with van der Waals surface area (Å²) in [4.78, 5) is 31.3. The van der Waals surface area contributed by atoms with E-state index in [-0.39, 0.29) is 19.4 Å². The molecule has 2 fully saturated rings. The molecule has 0 amide bonds. The highest BCUT2D eigenvalue weighted by Crippen LogP contribution is 2.20. The number of carbonyl (C=O) groups excluding carboxylic acids is 2. The molecule has 9 heteroatoms. The molecular weight excluding hydrogens is 356 g/mol. The predicted molar refractivity (Wildman–Crippen MR) is 88.3 cm³/mol. The molecule has 2 saturated heterocycles. The maximum absolute atomic E-state index is 11.4. The molecule has 3 heterocycles. The fourth-order valence-electron chi connectivity index (χ4n) is 2.14. The molecule has 2 aromatic rings. The molecule has 1 aromatic carbocycles. The van der Waals surface area contributed by atoms with Gasteiger partial charge in [-0.1, -0.05) is 0 Å². The van der Waals surface area contributed by atoms with Crippen molar-refractivity contribution in [2.45, 2.75) is 18.8 Å². The Morgan fingerprint density at radius 3 is 2.15 bits per heavy atom. The second-order valence-electron chi connectivity index (χ2n) is 5.92. The van der Waals surface area contributed by atoms with Crippen LogP contribution in [0.5, 0.6) is 5.75 Å². The lowest BCUT2D eigenvalue weighted by atomic mass is 10.2. The summed E-state index contributed by atoms with van der Waals surface area (Å²) in [6, 6.07) is 7.04. The number of carbonyl (C=O) groups is 2. The van der Waals surface area contributed by atoms with Gasteiger partial charge in [0.2, 0.25) is 6.79 Å². The number of hydrogen-bond acceptors (Lipinski definition) is 9. The smallest absolute Gasteiger partial charge is 0.340 e. The molecule has 2 aliphatic heterocycles. The molecule has 9 nitrogen and oxygen atoms in total. The molecule has 2 aliphatic rings. The number of rotatable bonds is 8. The van der Waals surface area contributed by atoms with Crippen molar-refractivity contribution in [2.75, 3.05) is 20.0 Å². The summed E-state index contributed by atoms with van der Waals surface area (Å²) in [6.07, 6.45) is 2.35. The number of benzene rings is 1. The molecule has 0 saturated carbocycles. The lowest BCUT2D eigenvalue weighted by Crippen LogP contribution is -2.15. The van der Waals surface area contributed by atoms with E-state index >= 15 is 0 Å². The third-order valence-electron chi connectivity index (χ3n) is 3.82. The van der Waals surface area contributed by atoms with Gasteiger partial charge < -0.3 is 23.7 Å². The second-order valence-corrected chi connectivity index (χ2v) is 5.92. The minimum atomic E-state index is -0.443. The molecule has 0 radical (unpaired) electrons.